The summed E-state index contributed by atoms with van der Waals surface area (Å²) in [7, 11) is 2.98. The molecule has 1 fully saturated rings. The van der Waals surface area contributed by atoms with E-state index in [0.29, 0.717) is 0 Å². The number of likely N-dealkylation sites (N-methyl/N-ethyl adjacent to an activating group) is 1. The maximum absolute atomic E-state index is 14.4. The first-order valence-electron chi connectivity index (χ1n) is 15.8. The number of aliphatic hydroxyl groups is 3. The molecule has 3 amide bonds. The van der Waals surface area contributed by atoms with Gasteiger partial charge in [0.25, 0.3) is 23.4 Å². The number of fused-ring (bicyclic) bond motifs is 4. The average Bonchev–Trinajstić information content (AvgIpc) is 3.32. The van der Waals surface area contributed by atoms with E-state index >= 15 is 0 Å². The van der Waals surface area contributed by atoms with Crippen LogP contribution in [0.5, 0.6) is 5.75 Å². The summed E-state index contributed by atoms with van der Waals surface area (Å²) in [6.45, 7) is -0.489. The Morgan fingerprint density at radius 3 is 2.24 bits per heavy atom. The van der Waals surface area contributed by atoms with Crippen LogP contribution in [0.4, 0.5) is 5.69 Å². The summed E-state index contributed by atoms with van der Waals surface area (Å²) in [6.07, 6.45) is -0.259. The first-order chi connectivity index (χ1) is 24.1. The van der Waals surface area contributed by atoms with Crippen molar-refractivity contribution in [3.05, 3.63) is 109 Å². The number of nitrogens with zero attached hydrogens (tertiary/aromatic N) is 3. The lowest BCUT2D eigenvalue weighted by Crippen LogP contribution is -2.65. The van der Waals surface area contributed by atoms with Gasteiger partial charge in [-0.15, -0.1) is 0 Å². The van der Waals surface area contributed by atoms with Crippen LogP contribution in [0.25, 0.3) is 16.9 Å². The van der Waals surface area contributed by atoms with Crippen LogP contribution < -0.4 is 5.73 Å². The average molecular weight is 695 g/mol. The Morgan fingerprint density at radius 2 is 1.65 bits per heavy atom. The number of non-ortho nitro benzene ring substituents is 1. The number of imide groups is 1. The molecule has 1 aliphatic heterocycles. The highest BCUT2D eigenvalue weighted by Crippen LogP contribution is 2.54. The summed E-state index contributed by atoms with van der Waals surface area (Å²) in [6, 6.07) is 11.8. The number of phenolic OH excluding ortho intramolecular Hbond substituents is 1. The molecule has 3 aromatic carbocycles. The van der Waals surface area contributed by atoms with Crippen LogP contribution in [-0.2, 0) is 27.3 Å². The number of nitro groups is 1. The van der Waals surface area contributed by atoms with Crippen LogP contribution in [0, 0.1) is 22.0 Å². The third kappa shape index (κ3) is 4.62. The van der Waals surface area contributed by atoms with Gasteiger partial charge >= 0.3 is 0 Å². The van der Waals surface area contributed by atoms with Crippen LogP contribution in [0.1, 0.15) is 43.8 Å². The van der Waals surface area contributed by atoms with Gasteiger partial charge in [-0.25, -0.2) is 0 Å². The third-order valence-electron chi connectivity index (χ3n) is 10.4. The standard InChI is InChI=1S/C36H30N4O11/c1-38(2)27-23-13-16-11-22-21(15-6-5-7-18(10-15)40(50)51)12-17(14-39-34(47)19-8-3-4-9-20(19)35(39)48)28(41)25(22)29(42)24(16)31(44)36(23,49)32(45)26(30(27)43)33(37)46/h3-10,12,16,23,27,41-42,45,49H,11,13-14H2,1-2H3,(H2,37,46)/t16-,23-,27-,36-/m0/s1. The van der Waals surface area contributed by atoms with Gasteiger partial charge in [0.2, 0.25) is 5.78 Å². The van der Waals surface area contributed by atoms with Crippen molar-refractivity contribution in [1.29, 1.82) is 0 Å². The number of aromatic hydroxyl groups is 1. The molecule has 15 nitrogen and oxygen atoms in total. The van der Waals surface area contributed by atoms with E-state index in [4.69, 9.17) is 5.73 Å². The van der Waals surface area contributed by atoms with Gasteiger partial charge in [-0.2, -0.15) is 0 Å². The maximum atomic E-state index is 14.4. The summed E-state index contributed by atoms with van der Waals surface area (Å²) in [5.74, 6) is -9.61. The number of carbonyl (C=O) groups is 5. The quantitative estimate of drug-likeness (QED) is 0.108. The van der Waals surface area contributed by atoms with Gasteiger partial charge in [0.05, 0.1) is 34.2 Å². The number of benzene rings is 3. The van der Waals surface area contributed by atoms with Gasteiger partial charge in [0, 0.05) is 29.2 Å². The number of carbonyl (C=O) groups excluding carboxylic acids is 5. The predicted molar refractivity (Wildman–Crippen MR) is 177 cm³/mol. The smallest absolute Gasteiger partial charge is 0.270 e. The molecule has 0 bridgehead atoms. The molecule has 0 aromatic heterocycles. The Hall–Kier alpha value is -6.19. The molecule has 7 rings (SSSR count). The molecule has 15 heteroatoms. The normalized spacial score (nSPS) is 24.1. The lowest BCUT2D eigenvalue weighted by Gasteiger charge is -2.50. The zero-order chi connectivity index (χ0) is 36.8. The summed E-state index contributed by atoms with van der Waals surface area (Å²) in [4.78, 5) is 80.1. The lowest BCUT2D eigenvalue weighted by atomic mass is 9.57. The lowest BCUT2D eigenvalue weighted by molar-refractivity contribution is -0.384. The Kier molecular flexibility index (Phi) is 7.47. The molecule has 0 radical (unpaired) electrons. The number of hydrogen-bond donors (Lipinski definition) is 5. The Labute approximate surface area is 288 Å². The topological polar surface area (TPSA) is 242 Å². The molecule has 0 saturated heterocycles. The van der Waals surface area contributed by atoms with Crippen molar-refractivity contribution in [2.45, 2.75) is 31.0 Å². The third-order valence-corrected chi connectivity index (χ3v) is 10.4. The summed E-state index contributed by atoms with van der Waals surface area (Å²) < 4.78 is 0. The van der Waals surface area contributed by atoms with Crippen LogP contribution in [0.2, 0.25) is 0 Å². The second-order valence-electron chi connectivity index (χ2n) is 13.3. The highest BCUT2D eigenvalue weighted by Gasteiger charge is 2.64. The van der Waals surface area contributed by atoms with Crippen molar-refractivity contribution >= 4 is 40.7 Å². The molecule has 4 atom stereocenters. The number of phenols is 1. The van der Waals surface area contributed by atoms with Crippen molar-refractivity contribution in [3.8, 4) is 16.9 Å². The fourth-order valence-corrected chi connectivity index (χ4v) is 8.09. The van der Waals surface area contributed by atoms with Gasteiger partial charge in [0.1, 0.15) is 22.8 Å². The fourth-order valence-electron chi connectivity index (χ4n) is 8.09. The van der Waals surface area contributed by atoms with E-state index in [-0.39, 0.29) is 57.5 Å². The number of rotatable bonds is 6. The number of amides is 3. The van der Waals surface area contributed by atoms with E-state index in [9.17, 15) is 54.5 Å². The molecule has 0 spiro atoms. The van der Waals surface area contributed by atoms with Gasteiger partial charge < -0.3 is 26.2 Å². The van der Waals surface area contributed by atoms with Crippen LogP contribution in [-0.4, -0.2) is 90.2 Å². The van der Waals surface area contributed by atoms with E-state index in [0.717, 1.165) is 4.90 Å². The largest absolute Gasteiger partial charge is 0.508 e. The molecule has 3 aliphatic carbocycles. The number of nitrogens with two attached hydrogens (primary N) is 1. The van der Waals surface area contributed by atoms with Gasteiger partial charge in [-0.1, -0.05) is 24.3 Å². The predicted octanol–water partition coefficient (Wildman–Crippen LogP) is 2.34. The zero-order valence-corrected chi connectivity index (χ0v) is 27.1. The Balaban J connectivity index is 1.44. The molecule has 6 N–H and O–H groups in total. The SMILES string of the molecule is CN(C)[C@@H]1C(=O)C(C(N)=O)=C(O)[C@@]2(O)C(=O)C3=C(O)c4c(O)c(CN5C(=O)c6ccccc6C5=O)cc(-c5cccc([N+](=O)[O-])c5)c4C[C@H]3C[C@@H]12. The summed E-state index contributed by atoms with van der Waals surface area (Å²) >= 11 is 0. The van der Waals surface area contributed by atoms with Crippen molar-refractivity contribution in [2.75, 3.05) is 14.1 Å². The van der Waals surface area contributed by atoms with E-state index in [1.54, 1.807) is 18.2 Å². The molecular formula is C36H30N4O11. The van der Waals surface area contributed by atoms with Crippen molar-refractivity contribution in [2.24, 2.45) is 17.6 Å². The number of Topliss-reactive ketones (excluding diaryl/α,β-unsaturated/α-hetero) is 2. The fraction of sp³-hybridized carbons (Fsp3) is 0.250. The van der Waals surface area contributed by atoms with E-state index < -0.39 is 92.6 Å². The van der Waals surface area contributed by atoms with E-state index in [1.807, 2.05) is 0 Å². The number of ketones is 2. The van der Waals surface area contributed by atoms with Gasteiger partial charge in [0.15, 0.2) is 11.4 Å². The first-order valence-corrected chi connectivity index (χ1v) is 15.8. The van der Waals surface area contributed by atoms with Gasteiger partial charge in [-0.3, -0.25) is 43.9 Å². The molecule has 0 unspecified atom stereocenters. The Bertz CT molecular complexity index is 2200. The summed E-state index contributed by atoms with van der Waals surface area (Å²) in [5, 5.41) is 58.5. The molecule has 4 aliphatic rings. The van der Waals surface area contributed by atoms with Crippen LogP contribution in [0.15, 0.2) is 71.5 Å². The van der Waals surface area contributed by atoms with Crippen molar-refractivity contribution in [1.82, 2.24) is 9.80 Å². The Morgan fingerprint density at radius 1 is 1.00 bits per heavy atom. The second kappa shape index (κ2) is 11.4. The van der Waals surface area contributed by atoms with Crippen molar-refractivity contribution < 1.29 is 49.3 Å². The highest BCUT2D eigenvalue weighted by atomic mass is 16.6. The minimum absolute atomic E-state index is 0.0510. The monoisotopic (exact) mass is 694 g/mol. The minimum atomic E-state index is -2.86. The number of primary amides is 1. The van der Waals surface area contributed by atoms with Crippen LogP contribution >= 0.6 is 0 Å². The van der Waals surface area contributed by atoms with E-state index in [2.05, 4.69) is 0 Å². The molecular weight excluding hydrogens is 664 g/mol. The van der Waals surface area contributed by atoms with Crippen molar-refractivity contribution in [3.63, 3.8) is 0 Å². The van der Waals surface area contributed by atoms with E-state index in [1.165, 1.54) is 55.4 Å². The molecule has 51 heavy (non-hydrogen) atoms. The molecule has 1 heterocycles. The highest BCUT2D eigenvalue weighted by molar-refractivity contribution is 6.24. The second-order valence-corrected chi connectivity index (χ2v) is 13.3. The zero-order valence-electron chi connectivity index (χ0n) is 27.1. The molecule has 3 aromatic rings. The van der Waals surface area contributed by atoms with Crippen LogP contribution in [0.3, 0.4) is 0 Å². The number of aliphatic hydroxyl groups excluding tert-OH is 2. The first kappa shape index (κ1) is 33.3. The summed E-state index contributed by atoms with van der Waals surface area (Å²) in [5.41, 5.74) is 1.69. The number of hydrogen-bond acceptors (Lipinski definition) is 12. The van der Waals surface area contributed by atoms with Gasteiger partial charge in [-0.05, 0) is 67.7 Å². The minimum Gasteiger partial charge on any atom is -0.508 e. The number of nitro benzene ring substituents is 1. The molecule has 260 valence electrons. The molecule has 1 saturated carbocycles. The maximum Gasteiger partial charge on any atom is 0.270 e.